The van der Waals surface area contributed by atoms with Gasteiger partial charge in [-0.2, -0.15) is 0 Å². The van der Waals surface area contributed by atoms with Gasteiger partial charge in [-0.25, -0.2) is 9.18 Å². The van der Waals surface area contributed by atoms with Crippen molar-refractivity contribution in [3.05, 3.63) is 36.3 Å². The molecule has 0 bridgehead atoms. The lowest BCUT2D eigenvalue weighted by molar-refractivity contribution is -0.142. The van der Waals surface area contributed by atoms with Gasteiger partial charge in [0.25, 0.3) is 0 Å². The number of carbonyl (C=O) groups is 1. The van der Waals surface area contributed by atoms with E-state index in [-0.39, 0.29) is 12.1 Å². The van der Waals surface area contributed by atoms with Crippen LogP contribution in [0, 0.1) is 5.82 Å². The van der Waals surface area contributed by atoms with E-state index in [1.165, 1.54) is 25.4 Å². The van der Waals surface area contributed by atoms with Gasteiger partial charge >= 0.3 is 5.97 Å². The molecule has 2 rings (SSSR count). The smallest absolute Gasteiger partial charge is 0.343 e. The second kappa shape index (κ2) is 4.78. The summed E-state index contributed by atoms with van der Waals surface area (Å²) < 4.78 is 23.1. The van der Waals surface area contributed by atoms with Crippen LogP contribution in [0.2, 0.25) is 0 Å². The molecule has 0 atom stereocenters. The Morgan fingerprint density at radius 2 is 2.24 bits per heavy atom. The van der Waals surface area contributed by atoms with Crippen LogP contribution in [0.1, 0.15) is 0 Å². The van der Waals surface area contributed by atoms with Crippen LogP contribution < -0.4 is 4.74 Å². The summed E-state index contributed by atoms with van der Waals surface area (Å²) in [4.78, 5) is 14.9. The third-order valence-corrected chi connectivity index (χ3v) is 2.25. The van der Waals surface area contributed by atoms with E-state index in [0.29, 0.717) is 11.1 Å². The number of esters is 1. The second-order valence-electron chi connectivity index (χ2n) is 3.31. The van der Waals surface area contributed by atoms with Gasteiger partial charge in [0, 0.05) is 11.6 Å². The zero-order chi connectivity index (χ0) is 12.3. The van der Waals surface area contributed by atoms with Gasteiger partial charge in [0.2, 0.25) is 0 Å². The Morgan fingerprint density at radius 3 is 3.00 bits per heavy atom. The average molecular weight is 235 g/mol. The van der Waals surface area contributed by atoms with E-state index in [1.54, 1.807) is 12.1 Å². The van der Waals surface area contributed by atoms with Crippen LogP contribution in [0.3, 0.4) is 0 Å². The lowest BCUT2D eigenvalue weighted by Gasteiger charge is -2.08. The van der Waals surface area contributed by atoms with Crippen LogP contribution in [0.15, 0.2) is 30.5 Å². The molecule has 0 fully saturated rings. The average Bonchev–Trinajstić information content (AvgIpc) is 2.38. The van der Waals surface area contributed by atoms with Crippen LogP contribution in [-0.2, 0) is 9.53 Å². The van der Waals surface area contributed by atoms with Gasteiger partial charge in [0.05, 0.1) is 7.11 Å². The van der Waals surface area contributed by atoms with E-state index in [0.717, 1.165) is 0 Å². The summed E-state index contributed by atoms with van der Waals surface area (Å²) in [5, 5.41) is 0.524. The second-order valence-corrected chi connectivity index (χ2v) is 3.31. The monoisotopic (exact) mass is 235 g/mol. The molecule has 0 radical (unpaired) electrons. The Labute approximate surface area is 97.0 Å². The van der Waals surface area contributed by atoms with E-state index < -0.39 is 11.8 Å². The van der Waals surface area contributed by atoms with E-state index in [1.807, 2.05) is 0 Å². The quantitative estimate of drug-likeness (QED) is 0.762. The molecule has 0 unspecified atom stereocenters. The summed E-state index contributed by atoms with van der Waals surface area (Å²) in [6, 6.07) is 6.06. The fourth-order valence-corrected chi connectivity index (χ4v) is 1.43. The molecular formula is C12H10FNO3. The minimum absolute atomic E-state index is 0.216. The van der Waals surface area contributed by atoms with Crippen molar-refractivity contribution in [1.82, 2.24) is 4.98 Å². The van der Waals surface area contributed by atoms with E-state index in [9.17, 15) is 9.18 Å². The van der Waals surface area contributed by atoms with Gasteiger partial charge < -0.3 is 9.47 Å². The Morgan fingerprint density at radius 1 is 1.41 bits per heavy atom. The van der Waals surface area contributed by atoms with Crippen molar-refractivity contribution in [1.29, 1.82) is 0 Å². The van der Waals surface area contributed by atoms with Crippen LogP contribution in [0.25, 0.3) is 10.9 Å². The topological polar surface area (TPSA) is 48.4 Å². The van der Waals surface area contributed by atoms with Gasteiger partial charge in [-0.1, -0.05) is 0 Å². The molecule has 0 aliphatic carbocycles. The first-order valence-corrected chi connectivity index (χ1v) is 4.95. The zero-order valence-corrected chi connectivity index (χ0v) is 9.14. The minimum atomic E-state index is -0.494. The van der Waals surface area contributed by atoms with Crippen molar-refractivity contribution in [3.63, 3.8) is 0 Å². The third-order valence-electron chi connectivity index (χ3n) is 2.25. The molecule has 1 heterocycles. The predicted octanol–water partition coefficient (Wildman–Crippen LogP) is 1.93. The van der Waals surface area contributed by atoms with Crippen molar-refractivity contribution < 1.29 is 18.7 Å². The molecule has 0 amide bonds. The highest BCUT2D eigenvalue weighted by molar-refractivity contribution is 5.85. The van der Waals surface area contributed by atoms with Gasteiger partial charge in [0.1, 0.15) is 17.1 Å². The summed E-state index contributed by atoms with van der Waals surface area (Å²) >= 11 is 0. The number of hydrogen-bond donors (Lipinski definition) is 0. The Balaban J connectivity index is 2.35. The lowest BCUT2D eigenvalue weighted by Crippen LogP contribution is -2.12. The summed E-state index contributed by atoms with van der Waals surface area (Å²) in [5.41, 5.74) is 0.217. The first kappa shape index (κ1) is 11.3. The predicted molar refractivity (Wildman–Crippen MR) is 59.2 cm³/mol. The van der Waals surface area contributed by atoms with E-state index in [2.05, 4.69) is 9.72 Å². The Kier molecular flexibility index (Phi) is 3.18. The van der Waals surface area contributed by atoms with E-state index in [4.69, 9.17) is 4.74 Å². The number of aromatic nitrogens is 1. The maximum absolute atomic E-state index is 13.4. The minimum Gasteiger partial charge on any atom is -0.481 e. The van der Waals surface area contributed by atoms with Crippen molar-refractivity contribution in [2.75, 3.05) is 13.7 Å². The number of pyridine rings is 1. The molecule has 0 saturated carbocycles. The number of rotatable bonds is 3. The van der Waals surface area contributed by atoms with Gasteiger partial charge in [-0.15, -0.1) is 0 Å². The third kappa shape index (κ3) is 2.33. The zero-order valence-electron chi connectivity index (χ0n) is 9.14. The molecule has 0 saturated heterocycles. The number of nitrogens with zero attached hydrogens (tertiary/aromatic N) is 1. The number of halogens is 1. The molecule has 4 nitrogen and oxygen atoms in total. The fourth-order valence-electron chi connectivity index (χ4n) is 1.43. The number of methoxy groups -OCH3 is 1. The van der Waals surface area contributed by atoms with Crippen LogP contribution in [-0.4, -0.2) is 24.7 Å². The highest BCUT2D eigenvalue weighted by Gasteiger charge is 2.09. The van der Waals surface area contributed by atoms with Crippen LogP contribution in [0.5, 0.6) is 5.75 Å². The summed E-state index contributed by atoms with van der Waals surface area (Å²) in [7, 11) is 1.27. The molecule has 0 N–H and O–H groups in total. The molecule has 0 spiro atoms. The molecule has 0 aliphatic heterocycles. The van der Waals surface area contributed by atoms with Gasteiger partial charge in [-0.3, -0.25) is 4.98 Å². The summed E-state index contributed by atoms with van der Waals surface area (Å²) in [6.45, 7) is -0.216. The first-order chi connectivity index (χ1) is 8.22. The van der Waals surface area contributed by atoms with E-state index >= 15 is 0 Å². The standard InChI is InChI=1S/C12H10FNO3/c1-16-11(15)7-17-10-5-4-9(13)12-8(10)3-2-6-14-12/h2-6H,7H2,1H3. The molecule has 1 aromatic carbocycles. The fraction of sp³-hybridized carbons (Fsp3) is 0.167. The number of fused-ring (bicyclic) bond motifs is 1. The Hall–Kier alpha value is -2.17. The molecule has 2 aromatic rings. The normalized spacial score (nSPS) is 10.2. The number of carbonyl (C=O) groups excluding carboxylic acids is 1. The molecule has 17 heavy (non-hydrogen) atoms. The van der Waals surface area contributed by atoms with Crippen molar-refractivity contribution in [2.45, 2.75) is 0 Å². The van der Waals surface area contributed by atoms with Gasteiger partial charge in [0.15, 0.2) is 6.61 Å². The number of hydrogen-bond acceptors (Lipinski definition) is 4. The van der Waals surface area contributed by atoms with Crippen molar-refractivity contribution in [3.8, 4) is 5.75 Å². The first-order valence-electron chi connectivity index (χ1n) is 4.95. The van der Waals surface area contributed by atoms with Crippen molar-refractivity contribution >= 4 is 16.9 Å². The Bertz CT molecular complexity index is 556. The highest BCUT2D eigenvalue weighted by Crippen LogP contribution is 2.25. The number of benzene rings is 1. The summed E-state index contributed by atoms with van der Waals surface area (Å²) in [6.07, 6.45) is 1.50. The highest BCUT2D eigenvalue weighted by atomic mass is 19.1. The van der Waals surface area contributed by atoms with Crippen LogP contribution >= 0.6 is 0 Å². The molecule has 88 valence electrons. The van der Waals surface area contributed by atoms with Crippen LogP contribution in [0.4, 0.5) is 4.39 Å². The molecule has 5 heteroatoms. The molecular weight excluding hydrogens is 225 g/mol. The maximum Gasteiger partial charge on any atom is 0.343 e. The molecule has 0 aliphatic rings. The number of ether oxygens (including phenoxy) is 2. The summed E-state index contributed by atoms with van der Waals surface area (Å²) in [5.74, 6) is -0.516. The SMILES string of the molecule is COC(=O)COc1ccc(F)c2ncccc12. The largest absolute Gasteiger partial charge is 0.481 e. The maximum atomic E-state index is 13.4. The van der Waals surface area contributed by atoms with Gasteiger partial charge in [-0.05, 0) is 24.3 Å². The lowest BCUT2D eigenvalue weighted by atomic mass is 10.2. The van der Waals surface area contributed by atoms with Crippen molar-refractivity contribution in [2.24, 2.45) is 0 Å². The molecule has 1 aromatic heterocycles.